The third-order valence-corrected chi connectivity index (χ3v) is 1.60. The van der Waals surface area contributed by atoms with Crippen LogP contribution in [-0.2, 0) is 10.4 Å². The number of anilines is 2. The molecule has 27 heavy (non-hydrogen) atoms. The van der Waals surface area contributed by atoms with Crippen molar-refractivity contribution in [2.75, 3.05) is 53.8 Å². The second-order valence-electron chi connectivity index (χ2n) is 5.95. The van der Waals surface area contributed by atoms with Gasteiger partial charge in [-0.05, 0) is 66.6 Å². The Morgan fingerprint density at radius 2 is 0.778 bits per heavy atom. The Morgan fingerprint density at radius 3 is 0.852 bits per heavy atom. The molecule has 2 rings (SSSR count). The molecule has 0 aliphatic carbocycles. The number of nitrogens with zero attached hydrogens (tertiary/aromatic N) is 2. The Hall–Kier alpha value is -2.17. The summed E-state index contributed by atoms with van der Waals surface area (Å²) in [6, 6.07) is 19.0. The van der Waals surface area contributed by atoms with Crippen molar-refractivity contribution in [3.8, 4) is 0 Å². The van der Waals surface area contributed by atoms with Gasteiger partial charge in [0.1, 0.15) is 0 Å². The summed E-state index contributed by atoms with van der Waals surface area (Å²) in [5.41, 5.74) is 12.4. The van der Waals surface area contributed by atoms with E-state index in [0.717, 1.165) is 11.4 Å². The zero-order valence-electron chi connectivity index (χ0n) is 16.9. The van der Waals surface area contributed by atoms with Crippen LogP contribution in [0.3, 0.4) is 0 Å². The predicted octanol–water partition coefficient (Wildman–Crippen LogP) is 2.24. The molecule has 0 amide bonds. The van der Waals surface area contributed by atoms with E-state index in [4.69, 9.17) is 29.0 Å². The molecule has 0 aliphatic rings. The minimum absolute atomic E-state index is 0.822. The minimum atomic E-state index is -4.67. The molecule has 0 aliphatic heterocycles. The highest BCUT2D eigenvalue weighted by molar-refractivity contribution is 7.79. The lowest BCUT2D eigenvalue weighted by molar-refractivity contribution is 0.381. The summed E-state index contributed by atoms with van der Waals surface area (Å²) in [5, 5.41) is 0. The lowest BCUT2D eigenvalue weighted by Gasteiger charge is -1.90. The molecular weight excluding hydrogens is 368 g/mol. The molecule has 2 aromatic rings. The van der Waals surface area contributed by atoms with Crippen LogP contribution in [-0.4, -0.2) is 69.6 Å². The fourth-order valence-electron chi connectivity index (χ4n) is 0.906. The molecule has 9 heteroatoms. The van der Waals surface area contributed by atoms with Gasteiger partial charge in [0.25, 0.3) is 0 Å². The van der Waals surface area contributed by atoms with Crippen LogP contribution in [0.5, 0.6) is 0 Å². The first-order valence-electron chi connectivity index (χ1n) is 7.78. The van der Waals surface area contributed by atoms with E-state index < -0.39 is 10.4 Å². The normalized spacial score (nSPS) is 9.26. The van der Waals surface area contributed by atoms with Crippen LogP contribution in [0.2, 0.25) is 0 Å². The van der Waals surface area contributed by atoms with E-state index in [2.05, 4.69) is 0 Å². The molecule has 0 heterocycles. The van der Waals surface area contributed by atoms with Gasteiger partial charge in [-0.1, -0.05) is 36.4 Å². The zero-order chi connectivity index (χ0) is 21.9. The lowest BCUT2D eigenvalue weighted by Crippen LogP contribution is -1.99. The first-order chi connectivity index (χ1) is 12.3. The van der Waals surface area contributed by atoms with Crippen LogP contribution in [0, 0.1) is 0 Å². The van der Waals surface area contributed by atoms with Crippen molar-refractivity contribution < 1.29 is 17.5 Å². The largest absolute Gasteiger partial charge is 0.399 e. The molecule has 156 valence electrons. The highest BCUT2D eigenvalue weighted by atomic mass is 32.3. The van der Waals surface area contributed by atoms with Crippen molar-refractivity contribution >= 4 is 21.8 Å². The molecule has 0 atom stereocenters. The maximum absolute atomic E-state index is 8.74. The fourth-order valence-corrected chi connectivity index (χ4v) is 0.906. The van der Waals surface area contributed by atoms with Gasteiger partial charge in [0, 0.05) is 11.4 Å². The number of para-hydroxylation sites is 2. The molecule has 0 spiro atoms. The predicted molar refractivity (Wildman–Crippen MR) is 115 cm³/mol. The Balaban J connectivity index is -0.000000274. The third kappa shape index (κ3) is 59.4. The van der Waals surface area contributed by atoms with Gasteiger partial charge in [0.15, 0.2) is 0 Å². The number of hydrogen-bond donors (Lipinski definition) is 4. The van der Waals surface area contributed by atoms with Crippen molar-refractivity contribution in [1.29, 1.82) is 0 Å². The summed E-state index contributed by atoms with van der Waals surface area (Å²) in [7, 11) is 7.33. The van der Waals surface area contributed by atoms with Crippen LogP contribution in [0.15, 0.2) is 60.7 Å². The first kappa shape index (κ1) is 29.6. The summed E-state index contributed by atoms with van der Waals surface area (Å²) >= 11 is 0. The molecule has 8 nitrogen and oxygen atoms in total. The van der Waals surface area contributed by atoms with Gasteiger partial charge in [0.05, 0.1) is 0 Å². The van der Waals surface area contributed by atoms with Crippen molar-refractivity contribution in [2.24, 2.45) is 0 Å². The van der Waals surface area contributed by atoms with E-state index >= 15 is 0 Å². The molecule has 0 bridgehead atoms. The van der Waals surface area contributed by atoms with Crippen molar-refractivity contribution in [3.63, 3.8) is 0 Å². The number of rotatable bonds is 0. The van der Waals surface area contributed by atoms with Crippen molar-refractivity contribution in [2.45, 2.75) is 0 Å². The van der Waals surface area contributed by atoms with Gasteiger partial charge >= 0.3 is 10.4 Å². The highest BCUT2D eigenvalue weighted by Crippen LogP contribution is 1.96. The van der Waals surface area contributed by atoms with Crippen LogP contribution >= 0.6 is 0 Å². The smallest absolute Gasteiger partial charge is 0.394 e. The Morgan fingerprint density at radius 1 is 0.630 bits per heavy atom. The third-order valence-electron chi connectivity index (χ3n) is 1.60. The standard InChI is InChI=1S/2C6H7N.2C3H9N.H2O4S/c2*7-6-4-2-1-3-5-6;2*1-4(2)3;1-5(2,3)4/h2*1-5H,7H2;2*1-3H3;(H2,1,2,3,4). The van der Waals surface area contributed by atoms with E-state index in [1.807, 2.05) is 113 Å². The highest BCUT2D eigenvalue weighted by Gasteiger charge is 1.84. The van der Waals surface area contributed by atoms with Crippen LogP contribution < -0.4 is 11.5 Å². The number of hydrogen-bond acceptors (Lipinski definition) is 6. The van der Waals surface area contributed by atoms with Gasteiger partial charge in [0.2, 0.25) is 0 Å². The monoisotopic (exact) mass is 402 g/mol. The van der Waals surface area contributed by atoms with Crippen LogP contribution in [0.4, 0.5) is 11.4 Å². The van der Waals surface area contributed by atoms with E-state index in [1.165, 1.54) is 0 Å². The first-order valence-corrected chi connectivity index (χ1v) is 9.18. The molecule has 0 fully saturated rings. The van der Waals surface area contributed by atoms with Crippen molar-refractivity contribution in [3.05, 3.63) is 60.7 Å². The van der Waals surface area contributed by atoms with Gasteiger partial charge in [-0.3, -0.25) is 9.11 Å². The zero-order valence-corrected chi connectivity index (χ0v) is 17.8. The summed E-state index contributed by atoms with van der Waals surface area (Å²) < 4.78 is 31.6. The topological polar surface area (TPSA) is 133 Å². The maximum atomic E-state index is 8.74. The van der Waals surface area contributed by atoms with Gasteiger partial charge in [-0.25, -0.2) is 0 Å². The fraction of sp³-hybridized carbons (Fsp3) is 0.333. The Kier molecular flexibility index (Phi) is 20.4. The van der Waals surface area contributed by atoms with Gasteiger partial charge < -0.3 is 21.3 Å². The Labute approximate surface area is 164 Å². The second-order valence-corrected chi connectivity index (χ2v) is 6.85. The average Bonchev–Trinajstić information content (AvgIpc) is 2.46. The molecule has 0 unspecified atom stereocenters. The molecule has 0 saturated carbocycles. The van der Waals surface area contributed by atoms with Crippen LogP contribution in [0.25, 0.3) is 0 Å². The molecule has 0 aromatic heterocycles. The van der Waals surface area contributed by atoms with Crippen LogP contribution in [0.1, 0.15) is 0 Å². The summed E-state index contributed by atoms with van der Waals surface area (Å²) in [6.07, 6.45) is 0. The maximum Gasteiger partial charge on any atom is 0.394 e. The SMILES string of the molecule is CN(C)C.CN(C)C.Nc1ccccc1.Nc1ccccc1.O=S(=O)(O)O. The Bertz CT molecular complexity index is 580. The van der Waals surface area contributed by atoms with Crippen molar-refractivity contribution in [1.82, 2.24) is 9.80 Å². The van der Waals surface area contributed by atoms with E-state index in [0.29, 0.717) is 0 Å². The molecule has 0 saturated heterocycles. The molecule has 0 radical (unpaired) electrons. The van der Waals surface area contributed by atoms with E-state index in [1.54, 1.807) is 0 Å². The second kappa shape index (κ2) is 18.6. The average molecular weight is 403 g/mol. The lowest BCUT2D eigenvalue weighted by atomic mass is 10.3. The number of nitrogens with two attached hydrogens (primary N) is 2. The van der Waals surface area contributed by atoms with Gasteiger partial charge in [-0.2, -0.15) is 8.42 Å². The molecule has 2 aromatic carbocycles. The van der Waals surface area contributed by atoms with Gasteiger partial charge in [-0.15, -0.1) is 0 Å². The molecular formula is C18H34N4O4S. The van der Waals surface area contributed by atoms with E-state index in [-0.39, 0.29) is 0 Å². The summed E-state index contributed by atoms with van der Waals surface area (Å²) in [5.74, 6) is 0. The summed E-state index contributed by atoms with van der Waals surface area (Å²) in [6.45, 7) is 0. The minimum Gasteiger partial charge on any atom is -0.399 e. The number of nitrogen functional groups attached to an aromatic ring is 2. The molecule has 6 N–H and O–H groups in total. The van der Waals surface area contributed by atoms with E-state index in [9.17, 15) is 0 Å². The summed E-state index contributed by atoms with van der Waals surface area (Å²) in [4.78, 5) is 4.00. The quantitative estimate of drug-likeness (QED) is 0.389. The number of benzene rings is 2.